The van der Waals surface area contributed by atoms with Crippen LogP contribution in [0.1, 0.15) is 33.1 Å². The molecular weight excluding hydrogens is 110 g/mol. The number of hydrogen-bond acceptors (Lipinski definition) is 1. The van der Waals surface area contributed by atoms with E-state index in [1.165, 1.54) is 19.3 Å². The van der Waals surface area contributed by atoms with Crippen LogP contribution in [0.25, 0.3) is 0 Å². The standard InChI is InChI=1S/C8H17N/c1-3-6(2)8(9)7-4-5-7/h6-8H,3-5,9H2,1-2H3/t6-,8-/m0/s1. The molecule has 2 atom stereocenters. The highest BCUT2D eigenvalue weighted by atomic mass is 14.7. The summed E-state index contributed by atoms with van der Waals surface area (Å²) in [5, 5.41) is 0. The SMILES string of the molecule is CC[C@H](C)[C@H](N)C1CC1. The van der Waals surface area contributed by atoms with Crippen molar-refractivity contribution in [3.8, 4) is 0 Å². The molecular formula is C8H17N. The third-order valence-corrected chi connectivity index (χ3v) is 2.47. The second-order valence-electron chi connectivity index (χ2n) is 3.30. The zero-order valence-corrected chi connectivity index (χ0v) is 6.43. The third-order valence-electron chi connectivity index (χ3n) is 2.47. The van der Waals surface area contributed by atoms with E-state index in [4.69, 9.17) is 5.73 Å². The molecule has 0 saturated heterocycles. The highest BCUT2D eigenvalue weighted by Gasteiger charge is 2.30. The first-order valence-corrected chi connectivity index (χ1v) is 4.01. The zero-order valence-electron chi connectivity index (χ0n) is 6.43. The van der Waals surface area contributed by atoms with Crippen LogP contribution in [-0.4, -0.2) is 6.04 Å². The van der Waals surface area contributed by atoms with E-state index in [9.17, 15) is 0 Å². The van der Waals surface area contributed by atoms with E-state index < -0.39 is 0 Å². The second kappa shape index (κ2) is 2.70. The molecule has 0 amide bonds. The van der Waals surface area contributed by atoms with Crippen LogP contribution in [0.4, 0.5) is 0 Å². The third kappa shape index (κ3) is 1.68. The predicted octanol–water partition coefficient (Wildman–Crippen LogP) is 1.77. The van der Waals surface area contributed by atoms with Crippen molar-refractivity contribution in [2.24, 2.45) is 17.6 Å². The quantitative estimate of drug-likeness (QED) is 0.614. The minimum absolute atomic E-state index is 0.495. The highest BCUT2D eigenvalue weighted by Crippen LogP contribution is 2.35. The molecule has 1 heteroatoms. The molecule has 0 spiro atoms. The molecule has 1 aliphatic carbocycles. The smallest absolute Gasteiger partial charge is 0.00928 e. The van der Waals surface area contributed by atoms with Crippen molar-refractivity contribution in [3.63, 3.8) is 0 Å². The first-order valence-electron chi connectivity index (χ1n) is 4.01. The summed E-state index contributed by atoms with van der Waals surface area (Å²) in [6, 6.07) is 0.495. The minimum Gasteiger partial charge on any atom is -0.327 e. The van der Waals surface area contributed by atoms with E-state index in [0.717, 1.165) is 11.8 Å². The van der Waals surface area contributed by atoms with Crippen molar-refractivity contribution in [2.75, 3.05) is 0 Å². The van der Waals surface area contributed by atoms with Gasteiger partial charge in [-0.1, -0.05) is 20.3 Å². The summed E-state index contributed by atoms with van der Waals surface area (Å²) >= 11 is 0. The van der Waals surface area contributed by atoms with Gasteiger partial charge in [-0.2, -0.15) is 0 Å². The van der Waals surface area contributed by atoms with Gasteiger partial charge in [0.05, 0.1) is 0 Å². The Hall–Kier alpha value is -0.0400. The summed E-state index contributed by atoms with van der Waals surface area (Å²) in [6.45, 7) is 4.47. The minimum atomic E-state index is 0.495. The van der Waals surface area contributed by atoms with Crippen LogP contribution in [-0.2, 0) is 0 Å². The lowest BCUT2D eigenvalue weighted by molar-refractivity contribution is 0.405. The highest BCUT2D eigenvalue weighted by molar-refractivity contribution is 4.86. The second-order valence-corrected chi connectivity index (χ2v) is 3.30. The van der Waals surface area contributed by atoms with Gasteiger partial charge in [0.1, 0.15) is 0 Å². The van der Waals surface area contributed by atoms with E-state index in [-0.39, 0.29) is 0 Å². The van der Waals surface area contributed by atoms with Gasteiger partial charge in [0.25, 0.3) is 0 Å². The van der Waals surface area contributed by atoms with Crippen LogP contribution in [0.2, 0.25) is 0 Å². The Morgan fingerprint density at radius 2 is 2.11 bits per heavy atom. The van der Waals surface area contributed by atoms with E-state index in [1.807, 2.05) is 0 Å². The number of hydrogen-bond donors (Lipinski definition) is 1. The Labute approximate surface area is 57.6 Å². The Morgan fingerprint density at radius 3 is 2.44 bits per heavy atom. The average molecular weight is 127 g/mol. The van der Waals surface area contributed by atoms with Crippen LogP contribution in [0.3, 0.4) is 0 Å². The van der Waals surface area contributed by atoms with Gasteiger partial charge in [-0.3, -0.25) is 0 Å². The normalized spacial score (nSPS) is 25.7. The van der Waals surface area contributed by atoms with Gasteiger partial charge < -0.3 is 5.73 Å². The van der Waals surface area contributed by atoms with Gasteiger partial charge in [0.2, 0.25) is 0 Å². The molecule has 1 rings (SSSR count). The van der Waals surface area contributed by atoms with Gasteiger partial charge in [0, 0.05) is 6.04 Å². The number of rotatable bonds is 3. The van der Waals surface area contributed by atoms with Crippen LogP contribution in [0, 0.1) is 11.8 Å². The molecule has 0 aromatic carbocycles. The first-order chi connectivity index (χ1) is 4.25. The molecule has 2 N–H and O–H groups in total. The predicted molar refractivity (Wildman–Crippen MR) is 40.2 cm³/mol. The summed E-state index contributed by atoms with van der Waals surface area (Å²) in [4.78, 5) is 0. The lowest BCUT2D eigenvalue weighted by Crippen LogP contribution is -2.29. The maximum Gasteiger partial charge on any atom is 0.00928 e. The molecule has 1 nitrogen and oxygen atoms in total. The maximum absolute atomic E-state index is 5.93. The molecule has 0 heterocycles. The largest absolute Gasteiger partial charge is 0.327 e. The van der Waals surface area contributed by atoms with E-state index >= 15 is 0 Å². The van der Waals surface area contributed by atoms with Crippen molar-refractivity contribution in [1.29, 1.82) is 0 Å². The fourth-order valence-electron chi connectivity index (χ4n) is 1.22. The molecule has 1 aliphatic rings. The summed E-state index contributed by atoms with van der Waals surface area (Å²) < 4.78 is 0. The van der Waals surface area contributed by atoms with Gasteiger partial charge in [-0.05, 0) is 24.7 Å². The first kappa shape index (κ1) is 7.07. The van der Waals surface area contributed by atoms with Gasteiger partial charge in [-0.25, -0.2) is 0 Å². The lowest BCUT2D eigenvalue weighted by Gasteiger charge is -2.16. The molecule has 54 valence electrons. The monoisotopic (exact) mass is 127 g/mol. The lowest BCUT2D eigenvalue weighted by atomic mass is 9.96. The Morgan fingerprint density at radius 1 is 1.56 bits per heavy atom. The Bertz CT molecular complexity index is 86.6. The molecule has 0 unspecified atom stereocenters. The molecule has 1 fully saturated rings. The van der Waals surface area contributed by atoms with Crippen LogP contribution in [0.15, 0.2) is 0 Å². The summed E-state index contributed by atoms with van der Waals surface area (Å²) in [5.41, 5.74) is 5.93. The fourth-order valence-corrected chi connectivity index (χ4v) is 1.22. The van der Waals surface area contributed by atoms with Gasteiger partial charge >= 0.3 is 0 Å². The number of nitrogens with two attached hydrogens (primary N) is 1. The average Bonchev–Trinajstić information content (AvgIpc) is 2.66. The van der Waals surface area contributed by atoms with E-state index in [0.29, 0.717) is 6.04 Å². The van der Waals surface area contributed by atoms with Crippen molar-refractivity contribution in [2.45, 2.75) is 39.2 Å². The van der Waals surface area contributed by atoms with Crippen LogP contribution >= 0.6 is 0 Å². The van der Waals surface area contributed by atoms with E-state index in [1.54, 1.807) is 0 Å². The zero-order chi connectivity index (χ0) is 6.85. The summed E-state index contributed by atoms with van der Waals surface area (Å²) in [5.74, 6) is 1.61. The van der Waals surface area contributed by atoms with Gasteiger partial charge in [-0.15, -0.1) is 0 Å². The molecule has 1 saturated carbocycles. The van der Waals surface area contributed by atoms with Crippen LogP contribution < -0.4 is 5.73 Å². The van der Waals surface area contributed by atoms with Crippen molar-refractivity contribution >= 4 is 0 Å². The van der Waals surface area contributed by atoms with Crippen molar-refractivity contribution < 1.29 is 0 Å². The summed E-state index contributed by atoms with van der Waals surface area (Å²) in [6.07, 6.45) is 3.99. The molecule has 0 aromatic heterocycles. The molecule has 0 bridgehead atoms. The topological polar surface area (TPSA) is 26.0 Å². The Balaban J connectivity index is 2.22. The van der Waals surface area contributed by atoms with E-state index in [2.05, 4.69) is 13.8 Å². The maximum atomic E-state index is 5.93. The van der Waals surface area contributed by atoms with Gasteiger partial charge in [0.15, 0.2) is 0 Å². The molecule has 0 aromatic rings. The summed E-state index contributed by atoms with van der Waals surface area (Å²) in [7, 11) is 0. The fraction of sp³-hybridized carbons (Fsp3) is 1.00. The van der Waals surface area contributed by atoms with Crippen molar-refractivity contribution in [3.05, 3.63) is 0 Å². The Kier molecular flexibility index (Phi) is 2.12. The molecule has 0 aliphatic heterocycles. The van der Waals surface area contributed by atoms with Crippen LogP contribution in [0.5, 0.6) is 0 Å². The van der Waals surface area contributed by atoms with Crippen molar-refractivity contribution in [1.82, 2.24) is 0 Å². The molecule has 9 heavy (non-hydrogen) atoms. The molecule has 0 radical (unpaired) electrons.